The summed E-state index contributed by atoms with van der Waals surface area (Å²) in [5.41, 5.74) is 1.51. The lowest BCUT2D eigenvalue weighted by molar-refractivity contribution is -0.153. The molecule has 0 unspecified atom stereocenters. The average molecular weight is 757 g/mol. The Balaban J connectivity index is 1.97. The van der Waals surface area contributed by atoms with E-state index < -0.39 is 47.4 Å². The molecule has 0 saturated heterocycles. The van der Waals surface area contributed by atoms with Crippen LogP contribution in [0, 0.1) is 23.7 Å². The molecule has 0 aromatic carbocycles. The minimum atomic E-state index is -0.877. The van der Waals surface area contributed by atoms with Crippen LogP contribution in [0.15, 0.2) is 22.8 Å². The Hall–Kier alpha value is -2.44. The largest absolute Gasteiger partial charge is 0.469 e. The van der Waals surface area contributed by atoms with Crippen molar-refractivity contribution in [3.05, 3.63) is 22.8 Å². The molecule has 310 valence electrons. The average Bonchev–Trinajstić information content (AvgIpc) is 3.47. The highest BCUT2D eigenvalue weighted by Gasteiger charge is 2.57. The molecule has 0 bridgehead atoms. The third-order valence-corrected chi connectivity index (χ3v) is 12.1. The Labute approximate surface area is 330 Å². The number of hydrogen-bond acceptors (Lipinski definition) is 7. The zero-order valence-electron chi connectivity index (χ0n) is 35.5. The molecule has 0 aromatic heterocycles. The summed E-state index contributed by atoms with van der Waals surface area (Å²) in [4.78, 5) is 54.0. The topological polar surface area (TPSA) is 96.0 Å². The van der Waals surface area contributed by atoms with Crippen molar-refractivity contribution < 1.29 is 33.4 Å². The van der Waals surface area contributed by atoms with Gasteiger partial charge < -0.3 is 14.2 Å². The van der Waals surface area contributed by atoms with Gasteiger partial charge in [0, 0.05) is 11.8 Å². The second-order valence-electron chi connectivity index (χ2n) is 16.3. The van der Waals surface area contributed by atoms with Gasteiger partial charge in [0.1, 0.15) is 5.57 Å². The number of Topliss-reactive ketones (excluding diaryl/α,β-unsaturated/α-hetero) is 1. The van der Waals surface area contributed by atoms with E-state index >= 15 is 0 Å². The number of hydrogen-bond donors (Lipinski definition) is 0. The molecule has 0 fully saturated rings. The number of esters is 3. The van der Waals surface area contributed by atoms with Crippen molar-refractivity contribution in [1.29, 1.82) is 0 Å². The highest BCUT2D eigenvalue weighted by Crippen LogP contribution is 2.52. The fourth-order valence-electron chi connectivity index (χ4n) is 9.01. The van der Waals surface area contributed by atoms with Crippen LogP contribution in [0.1, 0.15) is 206 Å². The molecule has 7 nitrogen and oxygen atoms in total. The molecule has 0 amide bonds. The summed E-state index contributed by atoms with van der Waals surface area (Å²) < 4.78 is 15.7. The molecule has 7 heteroatoms. The summed E-state index contributed by atoms with van der Waals surface area (Å²) in [6.45, 7) is 4.52. The van der Waals surface area contributed by atoms with Gasteiger partial charge in [0.2, 0.25) is 0 Å². The van der Waals surface area contributed by atoms with Crippen LogP contribution in [0.5, 0.6) is 0 Å². The molecule has 0 radical (unpaired) electrons. The fraction of sp³-hybridized carbons (Fsp3) is 0.830. The summed E-state index contributed by atoms with van der Waals surface area (Å²) in [5, 5.41) is 0. The van der Waals surface area contributed by atoms with Crippen molar-refractivity contribution in [2.45, 2.75) is 206 Å². The standard InChI is InChI=1S/C47H80O7/c1-6-8-10-12-14-16-18-20-22-24-26-28-30-32-34-37-36-39(45(49)52-3)42-41(40(37)46(50)53-4)38(43(44(42)48)47(51)54-5)35-33-31-29-27-25-23-21-19-17-15-13-11-9-7-2/h36,39-42H,6-35H2,1-5H3/t39-,40+,41+,42-/m1/s1. The van der Waals surface area contributed by atoms with E-state index in [0.717, 1.165) is 44.1 Å². The van der Waals surface area contributed by atoms with E-state index in [2.05, 4.69) is 13.8 Å². The molecule has 0 saturated carbocycles. The summed E-state index contributed by atoms with van der Waals surface area (Å²) >= 11 is 0. The van der Waals surface area contributed by atoms with Crippen LogP contribution in [0.2, 0.25) is 0 Å². The lowest BCUT2D eigenvalue weighted by Gasteiger charge is -2.37. The van der Waals surface area contributed by atoms with Crippen molar-refractivity contribution in [3.63, 3.8) is 0 Å². The number of allylic oxidation sites excluding steroid dienone is 1. The van der Waals surface area contributed by atoms with E-state index in [-0.39, 0.29) is 5.57 Å². The normalized spacial score (nSPS) is 19.5. The van der Waals surface area contributed by atoms with E-state index in [1.54, 1.807) is 6.08 Å². The van der Waals surface area contributed by atoms with Crippen LogP contribution >= 0.6 is 0 Å². The Kier molecular flexibility index (Phi) is 26.3. The highest BCUT2D eigenvalue weighted by molar-refractivity contribution is 6.22. The molecule has 0 heterocycles. The lowest BCUT2D eigenvalue weighted by Crippen LogP contribution is -2.43. The first kappa shape index (κ1) is 47.7. The maximum Gasteiger partial charge on any atom is 0.341 e. The van der Waals surface area contributed by atoms with Gasteiger partial charge in [0.25, 0.3) is 0 Å². The van der Waals surface area contributed by atoms with Gasteiger partial charge in [-0.2, -0.15) is 0 Å². The monoisotopic (exact) mass is 757 g/mol. The molecular weight excluding hydrogens is 677 g/mol. The van der Waals surface area contributed by atoms with E-state index in [4.69, 9.17) is 14.2 Å². The van der Waals surface area contributed by atoms with Gasteiger partial charge in [-0.1, -0.05) is 192 Å². The van der Waals surface area contributed by atoms with Crippen LogP contribution in [-0.4, -0.2) is 45.0 Å². The van der Waals surface area contributed by atoms with Crippen LogP contribution in [0.25, 0.3) is 0 Å². The number of unbranched alkanes of at least 4 members (excludes halogenated alkanes) is 26. The molecule has 2 aliphatic rings. The number of carbonyl (C=O) groups excluding carboxylic acids is 4. The number of fused-ring (bicyclic) bond motifs is 1. The zero-order valence-corrected chi connectivity index (χ0v) is 35.5. The predicted molar refractivity (Wildman–Crippen MR) is 220 cm³/mol. The van der Waals surface area contributed by atoms with Gasteiger partial charge >= 0.3 is 17.9 Å². The van der Waals surface area contributed by atoms with Gasteiger partial charge in [0.15, 0.2) is 5.78 Å². The minimum Gasteiger partial charge on any atom is -0.469 e. The van der Waals surface area contributed by atoms with Crippen LogP contribution in [0.3, 0.4) is 0 Å². The number of ketones is 1. The SMILES string of the molecule is CCCCCCCCCCCCCCCCC1=C[C@@H](C(=O)OC)[C@H]2C(=O)C(C(=O)OC)=C(CCCCCCCCCCCCCCCC)[C@H]2[C@H]1C(=O)OC. The van der Waals surface area contributed by atoms with Crippen molar-refractivity contribution in [1.82, 2.24) is 0 Å². The Morgan fingerprint density at radius 2 is 0.852 bits per heavy atom. The maximum atomic E-state index is 14.0. The van der Waals surface area contributed by atoms with E-state index in [1.807, 2.05) is 0 Å². The first-order chi connectivity index (χ1) is 26.4. The molecule has 54 heavy (non-hydrogen) atoms. The third kappa shape index (κ3) is 16.7. The van der Waals surface area contributed by atoms with E-state index in [0.29, 0.717) is 18.4 Å². The summed E-state index contributed by atoms with van der Waals surface area (Å²) in [7, 11) is 3.99. The number of rotatable bonds is 33. The Bertz CT molecular complexity index is 1140. The van der Waals surface area contributed by atoms with Crippen molar-refractivity contribution in [2.24, 2.45) is 23.7 Å². The summed E-state index contributed by atoms with van der Waals surface area (Å²) in [6, 6.07) is 0. The predicted octanol–water partition coefficient (Wildman–Crippen LogP) is 12.5. The van der Waals surface area contributed by atoms with E-state index in [1.165, 1.54) is 163 Å². The third-order valence-electron chi connectivity index (χ3n) is 12.1. The summed E-state index contributed by atoms with van der Waals surface area (Å²) in [6.07, 6.45) is 37.9. The van der Waals surface area contributed by atoms with Crippen molar-refractivity contribution >= 4 is 23.7 Å². The Morgan fingerprint density at radius 1 is 0.481 bits per heavy atom. The van der Waals surface area contributed by atoms with Crippen molar-refractivity contribution in [2.75, 3.05) is 21.3 Å². The molecule has 0 N–H and O–H groups in total. The number of methoxy groups -OCH3 is 3. The first-order valence-electron chi connectivity index (χ1n) is 22.6. The Morgan fingerprint density at radius 3 is 1.22 bits per heavy atom. The van der Waals surface area contributed by atoms with Gasteiger partial charge in [0.05, 0.1) is 33.2 Å². The molecule has 0 aliphatic heterocycles. The fourth-order valence-corrected chi connectivity index (χ4v) is 9.01. The number of carbonyl (C=O) groups is 4. The quantitative estimate of drug-likeness (QED) is 0.0216. The van der Waals surface area contributed by atoms with Crippen LogP contribution in [0.4, 0.5) is 0 Å². The smallest absolute Gasteiger partial charge is 0.341 e. The van der Waals surface area contributed by atoms with E-state index in [9.17, 15) is 19.2 Å². The van der Waals surface area contributed by atoms with Gasteiger partial charge in [-0.25, -0.2) is 4.79 Å². The van der Waals surface area contributed by atoms with Gasteiger partial charge in [-0.15, -0.1) is 0 Å². The molecule has 4 atom stereocenters. The van der Waals surface area contributed by atoms with Gasteiger partial charge in [-0.05, 0) is 31.3 Å². The second kappa shape index (κ2) is 29.8. The second-order valence-corrected chi connectivity index (χ2v) is 16.3. The molecule has 0 spiro atoms. The molecule has 2 aliphatic carbocycles. The summed E-state index contributed by atoms with van der Waals surface area (Å²) in [5.74, 6) is -5.09. The van der Waals surface area contributed by atoms with Crippen molar-refractivity contribution in [3.8, 4) is 0 Å². The molecule has 0 aromatic rings. The molecular formula is C47H80O7. The number of ether oxygens (including phenoxy) is 3. The van der Waals surface area contributed by atoms with Crippen LogP contribution < -0.4 is 0 Å². The maximum absolute atomic E-state index is 14.0. The molecule has 2 rings (SSSR count). The minimum absolute atomic E-state index is 0.0242. The lowest BCUT2D eigenvalue weighted by atomic mass is 9.65. The highest BCUT2D eigenvalue weighted by atomic mass is 16.5. The first-order valence-corrected chi connectivity index (χ1v) is 22.6. The van der Waals surface area contributed by atoms with Crippen LogP contribution in [-0.2, 0) is 33.4 Å². The van der Waals surface area contributed by atoms with Gasteiger partial charge in [-0.3, -0.25) is 14.4 Å². The zero-order chi connectivity index (χ0) is 39.4.